The quantitative estimate of drug-likeness (QED) is 0.475. The van der Waals surface area contributed by atoms with Gasteiger partial charge >= 0.3 is 0 Å². The summed E-state index contributed by atoms with van der Waals surface area (Å²) in [5.41, 5.74) is 1.29. The molecule has 1 aromatic carbocycles. The zero-order valence-corrected chi connectivity index (χ0v) is 15.7. The van der Waals surface area contributed by atoms with Gasteiger partial charge in [-0.2, -0.15) is 0 Å². The second-order valence-corrected chi connectivity index (χ2v) is 6.80. The fourth-order valence-electron chi connectivity index (χ4n) is 3.40. The first-order valence-electron chi connectivity index (χ1n) is 9.72. The maximum Gasteiger partial charge on any atom is 0.191 e. The highest BCUT2D eigenvalue weighted by atomic mass is 16.3. The summed E-state index contributed by atoms with van der Waals surface area (Å²) < 4.78 is 0. The zero-order valence-electron chi connectivity index (χ0n) is 15.7. The van der Waals surface area contributed by atoms with Crippen LogP contribution in [0.3, 0.4) is 0 Å². The lowest BCUT2D eigenvalue weighted by Crippen LogP contribution is -2.44. The Balaban J connectivity index is 1.89. The van der Waals surface area contributed by atoms with Gasteiger partial charge in [-0.15, -0.1) is 0 Å². The third-order valence-corrected chi connectivity index (χ3v) is 4.74. The molecule has 1 saturated heterocycles. The van der Waals surface area contributed by atoms with Crippen molar-refractivity contribution in [2.24, 2.45) is 10.9 Å². The molecule has 0 radical (unpaired) electrons. The molecule has 1 aromatic rings. The summed E-state index contributed by atoms with van der Waals surface area (Å²) in [6.07, 6.45) is 4.21. The molecule has 1 fully saturated rings. The molecule has 5 nitrogen and oxygen atoms in total. The Labute approximate surface area is 152 Å². The molecule has 3 N–H and O–H groups in total. The van der Waals surface area contributed by atoms with E-state index in [0.717, 1.165) is 57.8 Å². The number of benzene rings is 1. The normalized spacial score (nSPS) is 19.1. The van der Waals surface area contributed by atoms with E-state index in [1.165, 1.54) is 5.69 Å². The number of guanidine groups is 1. The minimum atomic E-state index is 0.249. The molecule has 2 unspecified atom stereocenters. The van der Waals surface area contributed by atoms with E-state index in [1.54, 1.807) is 0 Å². The van der Waals surface area contributed by atoms with Crippen molar-refractivity contribution in [1.29, 1.82) is 0 Å². The molecular formula is C20H34N4O. The Morgan fingerprint density at radius 1 is 1.28 bits per heavy atom. The highest BCUT2D eigenvalue weighted by molar-refractivity contribution is 5.80. The maximum absolute atomic E-state index is 9.21. The van der Waals surface area contributed by atoms with Crippen molar-refractivity contribution in [3.63, 3.8) is 0 Å². The Morgan fingerprint density at radius 2 is 2.08 bits per heavy atom. The predicted octanol–water partition coefficient (Wildman–Crippen LogP) is 2.62. The number of aliphatic hydroxyl groups excluding tert-OH is 1. The molecule has 2 rings (SSSR count). The largest absolute Gasteiger partial charge is 0.396 e. The second-order valence-electron chi connectivity index (χ2n) is 6.80. The summed E-state index contributed by atoms with van der Waals surface area (Å²) in [5, 5.41) is 16.2. The molecule has 0 amide bonds. The van der Waals surface area contributed by atoms with E-state index in [9.17, 15) is 5.11 Å². The number of rotatable bonds is 9. The molecular weight excluding hydrogens is 312 g/mol. The van der Waals surface area contributed by atoms with Crippen molar-refractivity contribution < 1.29 is 5.11 Å². The molecule has 1 aliphatic heterocycles. The minimum Gasteiger partial charge on any atom is -0.396 e. The Morgan fingerprint density at radius 3 is 2.76 bits per heavy atom. The number of aliphatic hydroxyl groups is 1. The van der Waals surface area contributed by atoms with E-state index in [4.69, 9.17) is 4.99 Å². The highest BCUT2D eigenvalue weighted by Gasteiger charge is 2.23. The van der Waals surface area contributed by atoms with Gasteiger partial charge in [-0.3, -0.25) is 4.99 Å². The summed E-state index contributed by atoms with van der Waals surface area (Å²) >= 11 is 0. The molecule has 25 heavy (non-hydrogen) atoms. The Bertz CT molecular complexity index is 500. The van der Waals surface area contributed by atoms with Crippen LogP contribution in [0, 0.1) is 5.92 Å². The van der Waals surface area contributed by atoms with Gasteiger partial charge < -0.3 is 20.6 Å². The van der Waals surface area contributed by atoms with Crippen LogP contribution >= 0.6 is 0 Å². The molecule has 1 aliphatic rings. The minimum absolute atomic E-state index is 0.249. The van der Waals surface area contributed by atoms with Crippen LogP contribution in [0.15, 0.2) is 35.3 Å². The van der Waals surface area contributed by atoms with Crippen LogP contribution in [0.2, 0.25) is 0 Å². The van der Waals surface area contributed by atoms with Gasteiger partial charge in [0, 0.05) is 44.5 Å². The highest BCUT2D eigenvalue weighted by Crippen LogP contribution is 2.19. The van der Waals surface area contributed by atoms with E-state index in [2.05, 4.69) is 59.7 Å². The van der Waals surface area contributed by atoms with Crippen LogP contribution in [0.5, 0.6) is 0 Å². The number of aliphatic imine (C=N–C) groups is 1. The van der Waals surface area contributed by atoms with Crippen LogP contribution in [-0.2, 0) is 0 Å². The molecule has 5 heteroatoms. The molecule has 140 valence electrons. The van der Waals surface area contributed by atoms with E-state index in [1.807, 2.05) is 0 Å². The van der Waals surface area contributed by atoms with Gasteiger partial charge in [0.25, 0.3) is 0 Å². The fourth-order valence-corrected chi connectivity index (χ4v) is 3.40. The van der Waals surface area contributed by atoms with Gasteiger partial charge in [-0.1, -0.05) is 31.5 Å². The molecule has 0 aromatic heterocycles. The number of para-hydroxylation sites is 1. The van der Waals surface area contributed by atoms with Gasteiger partial charge in [0.05, 0.1) is 0 Å². The number of nitrogens with zero attached hydrogens (tertiary/aromatic N) is 2. The Hall–Kier alpha value is -1.75. The Kier molecular flexibility index (Phi) is 8.60. The molecule has 0 spiro atoms. The average molecular weight is 347 g/mol. The van der Waals surface area contributed by atoms with Crippen molar-refractivity contribution in [1.82, 2.24) is 10.6 Å². The van der Waals surface area contributed by atoms with E-state index in [0.29, 0.717) is 12.0 Å². The third kappa shape index (κ3) is 6.58. The summed E-state index contributed by atoms with van der Waals surface area (Å²) in [7, 11) is 0. The van der Waals surface area contributed by atoms with Crippen molar-refractivity contribution in [2.45, 2.75) is 45.6 Å². The average Bonchev–Trinajstić information content (AvgIpc) is 3.09. The lowest BCUT2D eigenvalue weighted by atomic mass is 10.0. The van der Waals surface area contributed by atoms with Crippen molar-refractivity contribution in [3.05, 3.63) is 30.3 Å². The van der Waals surface area contributed by atoms with Crippen LogP contribution in [0.25, 0.3) is 0 Å². The van der Waals surface area contributed by atoms with Crippen molar-refractivity contribution >= 4 is 11.6 Å². The molecule has 0 aliphatic carbocycles. The second kappa shape index (κ2) is 11.0. The van der Waals surface area contributed by atoms with Crippen molar-refractivity contribution in [2.75, 3.05) is 37.7 Å². The van der Waals surface area contributed by atoms with Gasteiger partial charge in [0.15, 0.2) is 5.96 Å². The van der Waals surface area contributed by atoms with Crippen LogP contribution in [0.4, 0.5) is 5.69 Å². The maximum atomic E-state index is 9.21. The standard InChI is InChI=1S/C20H34N4O/c1-3-8-17(12-14-25)15-22-20(21-4-2)23-18-11-13-24(16-18)19-9-6-5-7-10-19/h5-7,9-10,17-18,25H,3-4,8,11-16H2,1-2H3,(H2,21,22,23). The number of hydrogen-bond donors (Lipinski definition) is 3. The predicted molar refractivity (Wildman–Crippen MR) is 106 cm³/mol. The third-order valence-electron chi connectivity index (χ3n) is 4.74. The monoisotopic (exact) mass is 346 g/mol. The SMILES string of the molecule is CCCC(CCO)CN=C(NCC)NC1CCN(c2ccccc2)C1. The van der Waals surface area contributed by atoms with Gasteiger partial charge in [-0.05, 0) is 44.2 Å². The number of anilines is 1. The first-order valence-corrected chi connectivity index (χ1v) is 9.72. The zero-order chi connectivity index (χ0) is 17.9. The molecule has 2 atom stereocenters. The lowest BCUT2D eigenvalue weighted by Gasteiger charge is -2.21. The van der Waals surface area contributed by atoms with Crippen LogP contribution < -0.4 is 15.5 Å². The lowest BCUT2D eigenvalue weighted by molar-refractivity contribution is 0.253. The van der Waals surface area contributed by atoms with Gasteiger partial charge in [0.1, 0.15) is 0 Å². The van der Waals surface area contributed by atoms with Gasteiger partial charge in [0.2, 0.25) is 0 Å². The van der Waals surface area contributed by atoms with E-state index in [-0.39, 0.29) is 6.61 Å². The molecule has 0 saturated carbocycles. The number of hydrogen-bond acceptors (Lipinski definition) is 3. The van der Waals surface area contributed by atoms with Crippen LogP contribution in [0.1, 0.15) is 39.5 Å². The summed E-state index contributed by atoms with van der Waals surface area (Å²) in [5.74, 6) is 1.37. The molecule has 1 heterocycles. The smallest absolute Gasteiger partial charge is 0.191 e. The van der Waals surface area contributed by atoms with Crippen LogP contribution in [-0.4, -0.2) is 49.9 Å². The van der Waals surface area contributed by atoms with E-state index < -0.39 is 0 Å². The summed E-state index contributed by atoms with van der Waals surface area (Å²) in [4.78, 5) is 7.20. The molecule has 0 bridgehead atoms. The fraction of sp³-hybridized carbons (Fsp3) is 0.650. The van der Waals surface area contributed by atoms with E-state index >= 15 is 0 Å². The first-order chi connectivity index (χ1) is 12.3. The van der Waals surface area contributed by atoms with Crippen molar-refractivity contribution in [3.8, 4) is 0 Å². The topological polar surface area (TPSA) is 59.9 Å². The summed E-state index contributed by atoms with van der Waals surface area (Å²) in [6, 6.07) is 11.0. The summed E-state index contributed by atoms with van der Waals surface area (Å²) in [6.45, 7) is 8.25. The number of nitrogens with one attached hydrogen (secondary N) is 2. The first kappa shape index (κ1) is 19.6. The van der Waals surface area contributed by atoms with Gasteiger partial charge in [-0.25, -0.2) is 0 Å².